The summed E-state index contributed by atoms with van der Waals surface area (Å²) < 4.78 is 0. The van der Waals surface area contributed by atoms with Crippen LogP contribution in [0.15, 0.2) is 24.3 Å². The van der Waals surface area contributed by atoms with Gasteiger partial charge in [0, 0.05) is 5.75 Å². The second-order valence-electron chi connectivity index (χ2n) is 5.42. The van der Waals surface area contributed by atoms with Crippen LogP contribution < -0.4 is 5.32 Å². The zero-order valence-electron chi connectivity index (χ0n) is 11.6. The number of rotatable bonds is 2. The number of aryl methyl sites for hydroxylation is 1. The van der Waals surface area contributed by atoms with Crippen molar-refractivity contribution in [1.82, 2.24) is 10.2 Å². The molecule has 1 aliphatic heterocycles. The summed E-state index contributed by atoms with van der Waals surface area (Å²) in [6.07, 6.45) is 2.99. The molecule has 112 valence electrons. The van der Waals surface area contributed by atoms with E-state index in [1.54, 1.807) is 0 Å². The fraction of sp³-hybridized carbons (Fsp3) is 0.467. The molecular formula is C15H18N2O3S. The molecule has 2 unspecified atom stereocenters. The molecular weight excluding hydrogens is 288 g/mol. The Morgan fingerprint density at radius 3 is 2.95 bits per heavy atom. The molecule has 5 nitrogen and oxygen atoms in total. The van der Waals surface area contributed by atoms with Crippen molar-refractivity contribution >= 4 is 23.8 Å². The first kappa shape index (κ1) is 14.3. The number of amides is 2. The van der Waals surface area contributed by atoms with E-state index in [4.69, 9.17) is 5.11 Å². The van der Waals surface area contributed by atoms with Crippen LogP contribution in [0.25, 0.3) is 0 Å². The van der Waals surface area contributed by atoms with Crippen LogP contribution in [-0.4, -0.2) is 39.7 Å². The van der Waals surface area contributed by atoms with Crippen molar-refractivity contribution in [2.75, 3.05) is 11.6 Å². The maximum atomic E-state index is 12.4. The quantitative estimate of drug-likeness (QED) is 0.879. The lowest BCUT2D eigenvalue weighted by Crippen LogP contribution is -2.48. The van der Waals surface area contributed by atoms with E-state index in [2.05, 4.69) is 11.4 Å². The number of carboxylic acids is 1. The van der Waals surface area contributed by atoms with E-state index in [1.165, 1.54) is 22.2 Å². The summed E-state index contributed by atoms with van der Waals surface area (Å²) in [6, 6.07) is 7.15. The van der Waals surface area contributed by atoms with E-state index in [9.17, 15) is 9.59 Å². The standard InChI is InChI=1S/C15H18N2O3S/c18-14(19)13-8-21-9-17(13)15(20)16-12-7-3-5-10-4-1-2-6-11(10)12/h1-2,4,6,12-13H,3,5,7-9H2,(H,16,20)(H,18,19). The Hall–Kier alpha value is -1.69. The van der Waals surface area contributed by atoms with Crippen molar-refractivity contribution < 1.29 is 14.7 Å². The molecule has 6 heteroatoms. The molecule has 1 heterocycles. The average Bonchev–Trinajstić information content (AvgIpc) is 2.97. The maximum absolute atomic E-state index is 12.4. The van der Waals surface area contributed by atoms with Crippen molar-refractivity contribution in [1.29, 1.82) is 0 Å². The number of urea groups is 1. The maximum Gasteiger partial charge on any atom is 0.327 e. The third-order valence-corrected chi connectivity index (χ3v) is 5.11. The number of carboxylic acid groups (broad SMARTS) is 1. The highest BCUT2D eigenvalue weighted by molar-refractivity contribution is 7.99. The fourth-order valence-electron chi connectivity index (χ4n) is 2.98. The molecule has 0 saturated carbocycles. The van der Waals surface area contributed by atoms with Crippen molar-refractivity contribution in [3.8, 4) is 0 Å². The second kappa shape index (κ2) is 5.97. The first-order chi connectivity index (χ1) is 10.2. The van der Waals surface area contributed by atoms with Gasteiger partial charge in [0.05, 0.1) is 11.9 Å². The molecule has 0 bridgehead atoms. The lowest BCUT2D eigenvalue weighted by molar-refractivity contribution is -0.140. The van der Waals surface area contributed by atoms with Gasteiger partial charge >= 0.3 is 12.0 Å². The Balaban J connectivity index is 1.73. The van der Waals surface area contributed by atoms with Crippen LogP contribution in [-0.2, 0) is 11.2 Å². The molecule has 21 heavy (non-hydrogen) atoms. The number of fused-ring (bicyclic) bond motifs is 1. The van der Waals surface area contributed by atoms with Gasteiger partial charge in [0.15, 0.2) is 0 Å². The minimum atomic E-state index is -0.931. The summed E-state index contributed by atoms with van der Waals surface area (Å²) in [5.41, 5.74) is 2.44. The Kier molecular flexibility index (Phi) is 4.05. The largest absolute Gasteiger partial charge is 0.480 e. The summed E-state index contributed by atoms with van der Waals surface area (Å²) in [7, 11) is 0. The fourth-order valence-corrected chi connectivity index (χ4v) is 4.13. The molecule has 3 rings (SSSR count). The molecule has 0 aromatic heterocycles. The summed E-state index contributed by atoms with van der Waals surface area (Å²) >= 11 is 1.48. The van der Waals surface area contributed by atoms with E-state index in [-0.39, 0.29) is 12.1 Å². The Bertz CT molecular complexity index is 564. The van der Waals surface area contributed by atoms with Gasteiger partial charge in [0.25, 0.3) is 0 Å². The smallest absolute Gasteiger partial charge is 0.327 e. The number of hydrogen-bond donors (Lipinski definition) is 2. The number of benzene rings is 1. The third-order valence-electron chi connectivity index (χ3n) is 4.10. The predicted molar refractivity (Wildman–Crippen MR) is 81.2 cm³/mol. The number of hydrogen-bond acceptors (Lipinski definition) is 3. The number of nitrogens with zero attached hydrogens (tertiary/aromatic N) is 1. The average molecular weight is 306 g/mol. The summed E-state index contributed by atoms with van der Waals surface area (Å²) in [5.74, 6) is -0.0274. The van der Waals surface area contributed by atoms with Crippen LogP contribution in [0.4, 0.5) is 4.79 Å². The summed E-state index contributed by atoms with van der Waals surface area (Å²) in [6.45, 7) is 0. The van der Waals surface area contributed by atoms with Gasteiger partial charge in [-0.2, -0.15) is 0 Å². The summed E-state index contributed by atoms with van der Waals surface area (Å²) in [4.78, 5) is 25.0. The highest BCUT2D eigenvalue weighted by Crippen LogP contribution is 2.30. The predicted octanol–water partition coefficient (Wildman–Crippen LogP) is 2.23. The Morgan fingerprint density at radius 2 is 2.14 bits per heavy atom. The van der Waals surface area contributed by atoms with Crippen LogP contribution in [0.3, 0.4) is 0 Å². The molecule has 2 atom stereocenters. The highest BCUT2D eigenvalue weighted by Gasteiger charge is 2.35. The number of carbonyl (C=O) groups excluding carboxylic acids is 1. The number of thioether (sulfide) groups is 1. The zero-order chi connectivity index (χ0) is 14.8. The summed E-state index contributed by atoms with van der Waals surface area (Å²) in [5, 5.41) is 12.2. The molecule has 1 fully saturated rings. The first-order valence-corrected chi connectivity index (χ1v) is 8.28. The van der Waals surface area contributed by atoms with Crippen molar-refractivity contribution in [3.63, 3.8) is 0 Å². The van der Waals surface area contributed by atoms with Gasteiger partial charge in [-0.3, -0.25) is 0 Å². The second-order valence-corrected chi connectivity index (χ2v) is 6.42. The van der Waals surface area contributed by atoms with E-state index >= 15 is 0 Å². The van der Waals surface area contributed by atoms with Gasteiger partial charge in [-0.1, -0.05) is 24.3 Å². The first-order valence-electron chi connectivity index (χ1n) is 7.12. The van der Waals surface area contributed by atoms with Gasteiger partial charge in [-0.05, 0) is 30.4 Å². The zero-order valence-corrected chi connectivity index (χ0v) is 12.4. The monoisotopic (exact) mass is 306 g/mol. The minimum absolute atomic E-state index is 0.0116. The molecule has 1 aliphatic carbocycles. The van der Waals surface area contributed by atoms with Crippen LogP contribution in [0.5, 0.6) is 0 Å². The molecule has 2 aliphatic rings. The van der Waals surface area contributed by atoms with E-state index in [0.717, 1.165) is 24.8 Å². The van der Waals surface area contributed by atoms with Crippen LogP contribution in [0, 0.1) is 0 Å². The SMILES string of the molecule is O=C(O)C1CSCN1C(=O)NC1CCCc2ccccc21. The normalized spacial score (nSPS) is 24.5. The van der Waals surface area contributed by atoms with Crippen LogP contribution in [0.2, 0.25) is 0 Å². The van der Waals surface area contributed by atoms with E-state index < -0.39 is 12.0 Å². The number of nitrogens with one attached hydrogen (secondary N) is 1. The highest BCUT2D eigenvalue weighted by atomic mass is 32.2. The topological polar surface area (TPSA) is 69.6 Å². The molecule has 1 aromatic rings. The third kappa shape index (κ3) is 2.85. The van der Waals surface area contributed by atoms with E-state index in [0.29, 0.717) is 11.6 Å². The molecule has 2 amide bonds. The van der Waals surface area contributed by atoms with Crippen LogP contribution in [0.1, 0.15) is 30.0 Å². The molecule has 0 spiro atoms. The van der Waals surface area contributed by atoms with Gasteiger partial charge < -0.3 is 15.3 Å². The van der Waals surface area contributed by atoms with E-state index in [1.807, 2.05) is 18.2 Å². The lowest BCUT2D eigenvalue weighted by atomic mass is 9.88. The number of carbonyl (C=O) groups is 2. The van der Waals surface area contributed by atoms with Gasteiger partial charge in [0.2, 0.25) is 0 Å². The van der Waals surface area contributed by atoms with Gasteiger partial charge in [0.1, 0.15) is 6.04 Å². The van der Waals surface area contributed by atoms with Gasteiger partial charge in [-0.25, -0.2) is 9.59 Å². The molecule has 1 saturated heterocycles. The van der Waals surface area contributed by atoms with Gasteiger partial charge in [-0.15, -0.1) is 11.8 Å². The molecule has 1 aromatic carbocycles. The minimum Gasteiger partial charge on any atom is -0.480 e. The lowest BCUT2D eigenvalue weighted by Gasteiger charge is -2.29. The Morgan fingerprint density at radius 1 is 1.33 bits per heavy atom. The molecule has 0 radical (unpaired) electrons. The molecule has 2 N–H and O–H groups in total. The van der Waals surface area contributed by atoms with Crippen LogP contribution >= 0.6 is 11.8 Å². The van der Waals surface area contributed by atoms with Crippen molar-refractivity contribution in [3.05, 3.63) is 35.4 Å². The van der Waals surface area contributed by atoms with Crippen molar-refractivity contribution in [2.24, 2.45) is 0 Å². The number of aliphatic carboxylic acids is 1. The Labute approximate surface area is 127 Å². The van der Waals surface area contributed by atoms with Crippen molar-refractivity contribution in [2.45, 2.75) is 31.3 Å².